The summed E-state index contributed by atoms with van der Waals surface area (Å²) in [7, 11) is 0. The molecule has 0 aliphatic carbocycles. The van der Waals surface area contributed by atoms with Gasteiger partial charge in [-0.2, -0.15) is 0 Å². The number of hydrogen-bond acceptors (Lipinski definition) is 2. The van der Waals surface area contributed by atoms with Crippen LogP contribution >= 0.6 is 15.9 Å². The van der Waals surface area contributed by atoms with Crippen molar-refractivity contribution in [2.45, 2.75) is 26.1 Å². The first-order valence-corrected chi connectivity index (χ1v) is 9.25. The third-order valence-electron chi connectivity index (χ3n) is 4.15. The van der Waals surface area contributed by atoms with Crippen LogP contribution < -0.4 is 10.1 Å². The van der Waals surface area contributed by atoms with E-state index in [2.05, 4.69) is 76.7 Å². The summed E-state index contributed by atoms with van der Waals surface area (Å²) in [5.74, 6) is 0.865. The van der Waals surface area contributed by atoms with Crippen LogP contribution in [-0.2, 0) is 13.2 Å². The van der Waals surface area contributed by atoms with E-state index in [0.717, 1.165) is 22.3 Å². The van der Waals surface area contributed by atoms with Gasteiger partial charge in [0, 0.05) is 12.6 Å². The van der Waals surface area contributed by atoms with Crippen LogP contribution in [0.5, 0.6) is 5.75 Å². The van der Waals surface area contributed by atoms with Gasteiger partial charge in [-0.05, 0) is 51.7 Å². The molecule has 0 spiro atoms. The van der Waals surface area contributed by atoms with Crippen molar-refractivity contribution < 1.29 is 4.74 Å². The van der Waals surface area contributed by atoms with E-state index in [1.807, 2.05) is 30.3 Å². The third kappa shape index (κ3) is 5.18. The number of halogens is 1. The Morgan fingerprint density at radius 2 is 1.56 bits per heavy atom. The van der Waals surface area contributed by atoms with Crippen LogP contribution in [0.2, 0.25) is 0 Å². The molecule has 0 radical (unpaired) electrons. The topological polar surface area (TPSA) is 21.3 Å². The van der Waals surface area contributed by atoms with Gasteiger partial charge < -0.3 is 10.1 Å². The average Bonchev–Trinajstić information content (AvgIpc) is 2.67. The minimum absolute atomic E-state index is 0.314. The highest BCUT2D eigenvalue weighted by molar-refractivity contribution is 9.10. The summed E-state index contributed by atoms with van der Waals surface area (Å²) < 4.78 is 6.89. The number of nitrogens with one attached hydrogen (secondary N) is 1. The molecule has 0 unspecified atom stereocenters. The number of hydrogen-bond donors (Lipinski definition) is 1. The Kier molecular flexibility index (Phi) is 6.26. The molecular formula is C22H22BrNO. The monoisotopic (exact) mass is 395 g/mol. The quantitative estimate of drug-likeness (QED) is 0.539. The maximum atomic E-state index is 5.91. The van der Waals surface area contributed by atoms with Crippen LogP contribution in [0.25, 0.3) is 0 Å². The SMILES string of the molecule is C[C@@H](NCc1ccc(OCc2ccccc2)c(Br)c1)c1ccccc1. The lowest BCUT2D eigenvalue weighted by Gasteiger charge is -2.15. The van der Waals surface area contributed by atoms with Crippen molar-refractivity contribution in [1.82, 2.24) is 5.32 Å². The Balaban J connectivity index is 1.56. The summed E-state index contributed by atoms with van der Waals surface area (Å²) in [4.78, 5) is 0. The van der Waals surface area contributed by atoms with Crippen LogP contribution in [0.15, 0.2) is 83.3 Å². The molecule has 0 aliphatic heterocycles. The Morgan fingerprint density at radius 3 is 2.24 bits per heavy atom. The summed E-state index contributed by atoms with van der Waals surface area (Å²) in [6.45, 7) is 3.57. The Labute approximate surface area is 158 Å². The second-order valence-electron chi connectivity index (χ2n) is 6.05. The van der Waals surface area contributed by atoms with Gasteiger partial charge in [-0.25, -0.2) is 0 Å². The minimum Gasteiger partial charge on any atom is -0.488 e. The summed E-state index contributed by atoms with van der Waals surface area (Å²) in [5, 5.41) is 3.56. The van der Waals surface area contributed by atoms with E-state index in [4.69, 9.17) is 4.74 Å². The zero-order valence-electron chi connectivity index (χ0n) is 14.3. The molecule has 0 bridgehead atoms. The van der Waals surface area contributed by atoms with E-state index < -0.39 is 0 Å². The van der Waals surface area contributed by atoms with Crippen molar-refractivity contribution in [1.29, 1.82) is 0 Å². The van der Waals surface area contributed by atoms with E-state index in [-0.39, 0.29) is 0 Å². The molecule has 0 aliphatic rings. The summed E-state index contributed by atoms with van der Waals surface area (Å²) in [6, 6.07) is 27.2. The zero-order chi connectivity index (χ0) is 17.5. The third-order valence-corrected chi connectivity index (χ3v) is 4.77. The molecule has 0 fully saturated rings. The number of rotatable bonds is 7. The van der Waals surface area contributed by atoms with Crippen LogP contribution in [0, 0.1) is 0 Å². The molecule has 3 aromatic rings. The van der Waals surface area contributed by atoms with Crippen LogP contribution in [0.4, 0.5) is 0 Å². The molecule has 0 saturated carbocycles. The first-order chi connectivity index (χ1) is 12.2. The zero-order valence-corrected chi connectivity index (χ0v) is 15.9. The lowest BCUT2D eigenvalue weighted by molar-refractivity contribution is 0.304. The molecule has 0 saturated heterocycles. The highest BCUT2D eigenvalue weighted by Crippen LogP contribution is 2.27. The van der Waals surface area contributed by atoms with Gasteiger partial charge in [-0.1, -0.05) is 66.7 Å². The molecule has 1 atom stereocenters. The lowest BCUT2D eigenvalue weighted by Crippen LogP contribution is -2.17. The first kappa shape index (κ1) is 17.7. The normalized spacial score (nSPS) is 11.9. The maximum absolute atomic E-state index is 5.91. The maximum Gasteiger partial charge on any atom is 0.134 e. The Hall–Kier alpha value is -2.10. The molecule has 0 amide bonds. The predicted molar refractivity (Wildman–Crippen MR) is 107 cm³/mol. The van der Waals surface area contributed by atoms with Gasteiger partial charge in [0.05, 0.1) is 4.47 Å². The van der Waals surface area contributed by atoms with Gasteiger partial charge in [0.2, 0.25) is 0 Å². The molecule has 128 valence electrons. The van der Waals surface area contributed by atoms with Crippen LogP contribution in [-0.4, -0.2) is 0 Å². The van der Waals surface area contributed by atoms with Crippen molar-refractivity contribution in [3.63, 3.8) is 0 Å². The van der Waals surface area contributed by atoms with Gasteiger partial charge >= 0.3 is 0 Å². The summed E-state index contributed by atoms with van der Waals surface area (Å²) >= 11 is 3.62. The van der Waals surface area contributed by atoms with Gasteiger partial charge in [-0.3, -0.25) is 0 Å². The molecule has 0 aromatic heterocycles. The standard InChI is InChI=1S/C22H22BrNO/c1-17(20-10-6-3-7-11-20)24-15-19-12-13-22(21(23)14-19)25-16-18-8-4-2-5-9-18/h2-14,17,24H,15-16H2,1H3/t17-/m1/s1. The molecule has 3 heteroatoms. The highest BCUT2D eigenvalue weighted by atomic mass is 79.9. The molecule has 2 nitrogen and oxygen atoms in total. The molecule has 3 aromatic carbocycles. The minimum atomic E-state index is 0.314. The largest absolute Gasteiger partial charge is 0.488 e. The molecule has 1 N–H and O–H groups in total. The van der Waals surface area contributed by atoms with Gasteiger partial charge in [0.1, 0.15) is 12.4 Å². The lowest BCUT2D eigenvalue weighted by atomic mass is 10.1. The van der Waals surface area contributed by atoms with Crippen LogP contribution in [0.1, 0.15) is 29.7 Å². The highest BCUT2D eigenvalue weighted by Gasteiger charge is 2.06. The van der Waals surface area contributed by atoms with E-state index in [1.165, 1.54) is 11.1 Å². The van der Waals surface area contributed by atoms with E-state index in [0.29, 0.717) is 12.6 Å². The van der Waals surface area contributed by atoms with Crippen molar-refractivity contribution in [2.24, 2.45) is 0 Å². The van der Waals surface area contributed by atoms with Crippen LogP contribution in [0.3, 0.4) is 0 Å². The van der Waals surface area contributed by atoms with Crippen molar-refractivity contribution >= 4 is 15.9 Å². The van der Waals surface area contributed by atoms with Crippen molar-refractivity contribution in [2.75, 3.05) is 0 Å². The second kappa shape index (κ2) is 8.84. The molecular weight excluding hydrogens is 374 g/mol. The predicted octanol–water partition coefficient (Wildman–Crippen LogP) is 5.88. The van der Waals surface area contributed by atoms with Crippen molar-refractivity contribution in [3.8, 4) is 5.75 Å². The molecule has 3 rings (SSSR count). The van der Waals surface area contributed by atoms with Gasteiger partial charge in [0.25, 0.3) is 0 Å². The molecule has 0 heterocycles. The van der Waals surface area contributed by atoms with Gasteiger partial charge in [0.15, 0.2) is 0 Å². The number of ether oxygens (including phenoxy) is 1. The van der Waals surface area contributed by atoms with E-state index in [1.54, 1.807) is 0 Å². The average molecular weight is 396 g/mol. The molecule has 25 heavy (non-hydrogen) atoms. The summed E-state index contributed by atoms with van der Waals surface area (Å²) in [5.41, 5.74) is 3.68. The fourth-order valence-electron chi connectivity index (χ4n) is 2.64. The van der Waals surface area contributed by atoms with E-state index >= 15 is 0 Å². The number of benzene rings is 3. The van der Waals surface area contributed by atoms with Crippen molar-refractivity contribution in [3.05, 3.63) is 100 Å². The Morgan fingerprint density at radius 1 is 0.880 bits per heavy atom. The smallest absolute Gasteiger partial charge is 0.134 e. The fourth-order valence-corrected chi connectivity index (χ4v) is 3.18. The first-order valence-electron chi connectivity index (χ1n) is 8.46. The van der Waals surface area contributed by atoms with E-state index in [9.17, 15) is 0 Å². The summed E-state index contributed by atoms with van der Waals surface area (Å²) in [6.07, 6.45) is 0. The fraction of sp³-hybridized carbons (Fsp3) is 0.182. The Bertz CT molecular complexity index is 790. The second-order valence-corrected chi connectivity index (χ2v) is 6.91. The van der Waals surface area contributed by atoms with Gasteiger partial charge in [-0.15, -0.1) is 0 Å².